The molecule has 0 unspecified atom stereocenters. The van der Waals surface area contributed by atoms with Gasteiger partial charge < -0.3 is 10.3 Å². The quantitative estimate of drug-likeness (QED) is 0.569. The molecule has 0 saturated carbocycles. The molecule has 0 radical (unpaired) electrons. The number of nitrogens with one attached hydrogen (secondary N) is 2. The lowest BCUT2D eigenvalue weighted by Gasteiger charge is -2.07. The fourth-order valence-electron chi connectivity index (χ4n) is 2.69. The Bertz CT molecular complexity index is 922. The first kappa shape index (κ1) is 15.0. The predicted octanol–water partition coefficient (Wildman–Crippen LogP) is 3.91. The number of rotatable bonds is 3. The van der Waals surface area contributed by atoms with Gasteiger partial charge in [-0.3, -0.25) is 9.59 Å². The molecule has 0 spiro atoms. The molecule has 3 aromatic rings. The van der Waals surface area contributed by atoms with Crippen LogP contribution in [0.5, 0.6) is 0 Å². The molecule has 23 heavy (non-hydrogen) atoms. The van der Waals surface area contributed by atoms with Crippen molar-refractivity contribution in [2.75, 3.05) is 5.32 Å². The van der Waals surface area contributed by atoms with Crippen LogP contribution in [-0.4, -0.2) is 16.7 Å². The second-order valence-electron chi connectivity index (χ2n) is 5.75. The average molecular weight is 306 g/mol. The summed E-state index contributed by atoms with van der Waals surface area (Å²) < 4.78 is 0. The van der Waals surface area contributed by atoms with Gasteiger partial charge in [-0.1, -0.05) is 24.3 Å². The molecular formula is C19H18N2O2. The zero-order valence-electron chi connectivity index (χ0n) is 13.4. The number of ketones is 1. The summed E-state index contributed by atoms with van der Waals surface area (Å²) in [5.74, 6) is -1.15. The smallest absolute Gasteiger partial charge is 0.296 e. The lowest BCUT2D eigenvalue weighted by atomic mass is 10.1. The maximum Gasteiger partial charge on any atom is 0.296 e. The van der Waals surface area contributed by atoms with Gasteiger partial charge in [0.2, 0.25) is 0 Å². The Balaban J connectivity index is 1.91. The number of benzene rings is 2. The second-order valence-corrected chi connectivity index (χ2v) is 5.75. The van der Waals surface area contributed by atoms with Gasteiger partial charge in [-0.15, -0.1) is 0 Å². The van der Waals surface area contributed by atoms with Crippen molar-refractivity contribution in [3.8, 4) is 0 Å². The molecule has 1 aromatic heterocycles. The molecule has 4 nitrogen and oxygen atoms in total. The van der Waals surface area contributed by atoms with Crippen LogP contribution in [0.2, 0.25) is 0 Å². The van der Waals surface area contributed by atoms with Crippen molar-refractivity contribution in [3.63, 3.8) is 0 Å². The lowest BCUT2D eigenvalue weighted by molar-refractivity contribution is -0.112. The van der Waals surface area contributed by atoms with Crippen molar-refractivity contribution in [3.05, 3.63) is 64.8 Å². The number of amides is 1. The van der Waals surface area contributed by atoms with Crippen molar-refractivity contribution < 1.29 is 9.59 Å². The Morgan fingerprint density at radius 3 is 2.43 bits per heavy atom. The van der Waals surface area contributed by atoms with Gasteiger partial charge in [0.1, 0.15) is 0 Å². The summed E-state index contributed by atoms with van der Waals surface area (Å²) in [4.78, 5) is 28.0. The number of carbonyl (C=O) groups is 2. The zero-order chi connectivity index (χ0) is 16.6. The zero-order valence-corrected chi connectivity index (χ0v) is 13.4. The minimum atomic E-state index is -0.624. The molecule has 1 heterocycles. The Morgan fingerprint density at radius 2 is 1.70 bits per heavy atom. The van der Waals surface area contributed by atoms with E-state index in [4.69, 9.17) is 0 Å². The predicted molar refractivity (Wildman–Crippen MR) is 91.9 cm³/mol. The van der Waals surface area contributed by atoms with Crippen molar-refractivity contribution in [1.29, 1.82) is 0 Å². The molecule has 2 N–H and O–H groups in total. The molecule has 116 valence electrons. The molecule has 0 saturated heterocycles. The lowest BCUT2D eigenvalue weighted by Crippen LogP contribution is -2.23. The number of Topliss-reactive ketones (excluding diaryl/α,β-unsaturated/α-hetero) is 1. The first-order valence-electron chi connectivity index (χ1n) is 7.47. The van der Waals surface area contributed by atoms with Gasteiger partial charge in [0, 0.05) is 22.3 Å². The van der Waals surface area contributed by atoms with Crippen LogP contribution in [-0.2, 0) is 4.79 Å². The van der Waals surface area contributed by atoms with Gasteiger partial charge in [0.25, 0.3) is 11.7 Å². The largest absolute Gasteiger partial charge is 0.358 e. The van der Waals surface area contributed by atoms with Gasteiger partial charge >= 0.3 is 0 Å². The third-order valence-corrected chi connectivity index (χ3v) is 4.09. The van der Waals surface area contributed by atoms with E-state index in [2.05, 4.69) is 10.3 Å². The summed E-state index contributed by atoms with van der Waals surface area (Å²) in [7, 11) is 0. The van der Waals surface area contributed by atoms with Crippen molar-refractivity contribution in [2.45, 2.75) is 20.8 Å². The summed E-state index contributed by atoms with van der Waals surface area (Å²) in [5.41, 5.74) is 4.82. The van der Waals surface area contributed by atoms with Crippen molar-refractivity contribution in [1.82, 2.24) is 4.98 Å². The third-order valence-electron chi connectivity index (χ3n) is 4.09. The number of carbonyl (C=O) groups excluding carboxylic acids is 2. The van der Waals surface area contributed by atoms with Gasteiger partial charge in [-0.2, -0.15) is 0 Å². The van der Waals surface area contributed by atoms with E-state index in [1.54, 1.807) is 13.0 Å². The number of fused-ring (bicyclic) bond motifs is 1. The van der Waals surface area contributed by atoms with E-state index in [9.17, 15) is 9.59 Å². The molecule has 4 heteroatoms. The fourth-order valence-corrected chi connectivity index (χ4v) is 2.69. The van der Waals surface area contributed by atoms with Crippen LogP contribution in [0.1, 0.15) is 27.2 Å². The van der Waals surface area contributed by atoms with Crippen molar-refractivity contribution in [2.24, 2.45) is 0 Å². The molecule has 1 amide bonds. The number of hydrogen-bond donors (Lipinski definition) is 2. The van der Waals surface area contributed by atoms with Crippen LogP contribution in [0.25, 0.3) is 10.9 Å². The van der Waals surface area contributed by atoms with E-state index in [-0.39, 0.29) is 0 Å². The highest BCUT2D eigenvalue weighted by atomic mass is 16.2. The highest BCUT2D eigenvalue weighted by Crippen LogP contribution is 2.23. The maximum absolute atomic E-state index is 12.6. The van der Waals surface area contributed by atoms with Crippen LogP contribution >= 0.6 is 0 Å². The minimum absolute atomic E-state index is 0.432. The van der Waals surface area contributed by atoms with Crippen LogP contribution in [0.4, 0.5) is 5.69 Å². The van der Waals surface area contributed by atoms with E-state index >= 15 is 0 Å². The molecule has 0 atom stereocenters. The number of aryl methyl sites for hydroxylation is 3. The molecule has 0 bridgehead atoms. The Hall–Kier alpha value is -2.88. The summed E-state index contributed by atoms with van der Waals surface area (Å²) in [6.45, 7) is 5.77. The Labute approximate surface area is 134 Å². The molecule has 0 aliphatic rings. The van der Waals surface area contributed by atoms with E-state index in [1.807, 2.05) is 50.2 Å². The average Bonchev–Trinajstić information content (AvgIpc) is 2.86. The Morgan fingerprint density at radius 1 is 0.957 bits per heavy atom. The molecular weight excluding hydrogens is 288 g/mol. The van der Waals surface area contributed by atoms with Crippen LogP contribution in [0.15, 0.2) is 42.5 Å². The summed E-state index contributed by atoms with van der Waals surface area (Å²) in [5, 5.41) is 3.46. The normalized spacial score (nSPS) is 10.7. The van der Waals surface area contributed by atoms with Gasteiger partial charge in [0.05, 0.1) is 5.56 Å². The van der Waals surface area contributed by atoms with Crippen LogP contribution < -0.4 is 5.32 Å². The van der Waals surface area contributed by atoms with Crippen LogP contribution in [0, 0.1) is 20.8 Å². The van der Waals surface area contributed by atoms with Gasteiger partial charge in [0.15, 0.2) is 0 Å². The van der Waals surface area contributed by atoms with E-state index in [0.717, 1.165) is 22.0 Å². The molecule has 3 rings (SSSR count). The highest BCUT2D eigenvalue weighted by Gasteiger charge is 2.22. The number of H-pyrrole nitrogens is 1. The van der Waals surface area contributed by atoms with E-state index in [0.29, 0.717) is 16.9 Å². The van der Waals surface area contributed by atoms with Crippen LogP contribution in [0.3, 0.4) is 0 Å². The second kappa shape index (κ2) is 5.72. The maximum atomic E-state index is 12.6. The number of anilines is 1. The first-order chi connectivity index (χ1) is 11.0. The number of para-hydroxylation sites is 1. The van der Waals surface area contributed by atoms with Gasteiger partial charge in [-0.05, 0) is 50.1 Å². The molecule has 0 aliphatic carbocycles. The fraction of sp³-hybridized carbons (Fsp3) is 0.158. The van der Waals surface area contributed by atoms with E-state index < -0.39 is 11.7 Å². The minimum Gasteiger partial charge on any atom is -0.358 e. The number of aromatic amines is 1. The number of hydrogen-bond acceptors (Lipinski definition) is 2. The number of aromatic nitrogens is 1. The summed E-state index contributed by atoms with van der Waals surface area (Å²) in [6.07, 6.45) is 0. The molecule has 0 aliphatic heterocycles. The van der Waals surface area contributed by atoms with Gasteiger partial charge in [-0.25, -0.2) is 0 Å². The summed E-state index contributed by atoms with van der Waals surface area (Å²) in [6, 6.07) is 13.1. The highest BCUT2D eigenvalue weighted by molar-refractivity contribution is 6.48. The van der Waals surface area contributed by atoms with Crippen molar-refractivity contribution >= 4 is 28.3 Å². The first-order valence-corrected chi connectivity index (χ1v) is 7.47. The van der Waals surface area contributed by atoms with E-state index in [1.165, 1.54) is 0 Å². The molecule has 2 aromatic carbocycles. The standard InChI is InChI=1S/C19H18N2O2/c1-11-8-9-14(10-12(11)2)21-19(23)18(22)17-13(3)20-16-7-5-4-6-15(16)17/h4-10,20H,1-3H3,(H,21,23). The Kier molecular flexibility index (Phi) is 3.74. The molecule has 0 fully saturated rings. The topological polar surface area (TPSA) is 62.0 Å². The third kappa shape index (κ3) is 2.75. The SMILES string of the molecule is Cc1ccc(NC(=O)C(=O)c2c(C)[nH]c3ccccc23)cc1C. The summed E-state index contributed by atoms with van der Waals surface area (Å²) >= 11 is 0. The monoisotopic (exact) mass is 306 g/mol.